The Morgan fingerprint density at radius 2 is 2.12 bits per heavy atom. The summed E-state index contributed by atoms with van der Waals surface area (Å²) in [5.41, 5.74) is 6.74. The zero-order valence-corrected chi connectivity index (χ0v) is 10.4. The van der Waals surface area contributed by atoms with Gasteiger partial charge < -0.3 is 10.2 Å². The zero-order chi connectivity index (χ0) is 11.5. The highest BCUT2D eigenvalue weighted by atomic mass is 35.5. The molecule has 16 heavy (non-hydrogen) atoms. The first-order valence-corrected chi connectivity index (χ1v) is 6.10. The van der Waals surface area contributed by atoms with Gasteiger partial charge in [0.2, 0.25) is 0 Å². The Balaban J connectivity index is 2.31. The summed E-state index contributed by atoms with van der Waals surface area (Å²) < 4.78 is 5.26. The molecule has 0 saturated carbocycles. The Labute approximate surface area is 104 Å². The molecule has 2 nitrogen and oxygen atoms in total. The normalized spacial score (nSPS) is 10.7. The van der Waals surface area contributed by atoms with Crippen LogP contribution in [0.15, 0.2) is 44.7 Å². The molecule has 1 aromatic heterocycles. The van der Waals surface area contributed by atoms with Crippen molar-refractivity contribution in [3.8, 4) is 0 Å². The van der Waals surface area contributed by atoms with Gasteiger partial charge in [0.05, 0.1) is 11.2 Å². The number of furan rings is 1. The van der Waals surface area contributed by atoms with Gasteiger partial charge in [0.25, 0.3) is 0 Å². The second-order valence-electron chi connectivity index (χ2n) is 3.40. The molecular formula is C12H12ClNOS. The molecule has 0 unspecified atom stereocenters. The van der Waals surface area contributed by atoms with Crippen molar-refractivity contribution in [2.24, 2.45) is 5.73 Å². The molecule has 0 aliphatic carbocycles. The van der Waals surface area contributed by atoms with Crippen molar-refractivity contribution in [1.82, 2.24) is 0 Å². The summed E-state index contributed by atoms with van der Waals surface area (Å²) >= 11 is 7.57. The zero-order valence-electron chi connectivity index (χ0n) is 8.87. The molecule has 2 aromatic rings. The Morgan fingerprint density at radius 1 is 1.31 bits per heavy atom. The van der Waals surface area contributed by atoms with Gasteiger partial charge in [-0.3, -0.25) is 0 Å². The first-order valence-electron chi connectivity index (χ1n) is 4.91. The third kappa shape index (κ3) is 2.43. The smallest absolute Gasteiger partial charge is 0.114 e. The van der Waals surface area contributed by atoms with E-state index in [4.69, 9.17) is 21.8 Å². The highest BCUT2D eigenvalue weighted by Crippen LogP contribution is 2.34. The van der Waals surface area contributed by atoms with E-state index in [1.165, 1.54) is 0 Å². The number of benzene rings is 1. The van der Waals surface area contributed by atoms with E-state index >= 15 is 0 Å². The molecular weight excluding hydrogens is 242 g/mol. The van der Waals surface area contributed by atoms with E-state index < -0.39 is 0 Å². The van der Waals surface area contributed by atoms with Crippen LogP contribution in [0.3, 0.4) is 0 Å². The fourth-order valence-corrected chi connectivity index (χ4v) is 2.56. The molecule has 0 bridgehead atoms. The Bertz CT molecular complexity index is 496. The summed E-state index contributed by atoms with van der Waals surface area (Å²) in [4.78, 5) is 2.23. The van der Waals surface area contributed by atoms with Gasteiger partial charge in [0, 0.05) is 16.5 Å². The average Bonchev–Trinajstić information content (AvgIpc) is 2.67. The van der Waals surface area contributed by atoms with Crippen LogP contribution in [0.1, 0.15) is 11.3 Å². The van der Waals surface area contributed by atoms with Crippen molar-refractivity contribution in [2.45, 2.75) is 23.3 Å². The maximum absolute atomic E-state index is 5.93. The molecule has 0 fully saturated rings. The highest BCUT2D eigenvalue weighted by molar-refractivity contribution is 7.99. The third-order valence-corrected chi connectivity index (χ3v) is 3.77. The molecule has 2 N–H and O–H groups in total. The second-order valence-corrected chi connectivity index (χ2v) is 4.92. The van der Waals surface area contributed by atoms with Crippen molar-refractivity contribution < 1.29 is 4.42 Å². The topological polar surface area (TPSA) is 39.2 Å². The minimum atomic E-state index is 0.486. The SMILES string of the molecule is Cc1occc1Sc1ccc(Cl)cc1CN. The number of halogens is 1. The molecule has 0 amide bonds. The van der Waals surface area contributed by atoms with Crippen molar-refractivity contribution >= 4 is 23.4 Å². The summed E-state index contributed by atoms with van der Waals surface area (Å²) in [5.74, 6) is 0.919. The average molecular weight is 254 g/mol. The van der Waals surface area contributed by atoms with Gasteiger partial charge in [-0.1, -0.05) is 23.4 Å². The molecule has 0 saturated heterocycles. The molecule has 0 aliphatic heterocycles. The Morgan fingerprint density at radius 3 is 2.75 bits per heavy atom. The minimum Gasteiger partial charge on any atom is -0.468 e. The summed E-state index contributed by atoms with van der Waals surface area (Å²) in [6.45, 7) is 2.43. The van der Waals surface area contributed by atoms with Gasteiger partial charge in [0.1, 0.15) is 5.76 Å². The highest BCUT2D eigenvalue weighted by Gasteiger charge is 2.07. The molecule has 2 rings (SSSR count). The summed E-state index contributed by atoms with van der Waals surface area (Å²) in [6.07, 6.45) is 1.69. The van der Waals surface area contributed by atoms with Gasteiger partial charge in [-0.15, -0.1) is 0 Å². The molecule has 0 radical (unpaired) electrons. The van der Waals surface area contributed by atoms with E-state index in [2.05, 4.69) is 0 Å². The van der Waals surface area contributed by atoms with Crippen molar-refractivity contribution in [3.63, 3.8) is 0 Å². The van der Waals surface area contributed by atoms with Gasteiger partial charge in [-0.05, 0) is 36.8 Å². The van der Waals surface area contributed by atoms with Gasteiger partial charge in [-0.2, -0.15) is 0 Å². The van der Waals surface area contributed by atoms with Crippen LogP contribution in [-0.4, -0.2) is 0 Å². The predicted octanol–water partition coefficient (Wildman–Crippen LogP) is 3.85. The van der Waals surface area contributed by atoms with Crippen molar-refractivity contribution in [3.05, 3.63) is 46.9 Å². The Kier molecular flexibility index (Phi) is 3.59. The van der Waals surface area contributed by atoms with Crippen molar-refractivity contribution in [1.29, 1.82) is 0 Å². The summed E-state index contributed by atoms with van der Waals surface area (Å²) in [5, 5.41) is 0.716. The fourth-order valence-electron chi connectivity index (χ4n) is 1.40. The van der Waals surface area contributed by atoms with E-state index in [-0.39, 0.29) is 0 Å². The van der Waals surface area contributed by atoms with Crippen LogP contribution in [0, 0.1) is 6.92 Å². The summed E-state index contributed by atoms with van der Waals surface area (Å²) in [7, 11) is 0. The van der Waals surface area contributed by atoms with E-state index in [0.29, 0.717) is 11.6 Å². The standard InChI is InChI=1S/C12H12ClNOS/c1-8-11(4-5-15-8)16-12-3-2-10(13)6-9(12)7-14/h2-6H,7,14H2,1H3. The maximum atomic E-state index is 5.93. The number of rotatable bonds is 3. The molecule has 0 atom stereocenters. The lowest BCUT2D eigenvalue weighted by Crippen LogP contribution is -1.98. The van der Waals surface area contributed by atoms with Crippen LogP contribution in [0.4, 0.5) is 0 Å². The molecule has 84 valence electrons. The second kappa shape index (κ2) is 4.95. The molecule has 1 aromatic carbocycles. The lowest BCUT2D eigenvalue weighted by molar-refractivity contribution is 0.527. The lowest BCUT2D eigenvalue weighted by atomic mass is 10.2. The van der Waals surface area contributed by atoms with Crippen molar-refractivity contribution in [2.75, 3.05) is 0 Å². The van der Waals surface area contributed by atoms with Crippen LogP contribution in [-0.2, 0) is 6.54 Å². The van der Waals surface area contributed by atoms with Crippen LogP contribution < -0.4 is 5.73 Å². The molecule has 0 aliphatic rings. The number of hydrogen-bond donors (Lipinski definition) is 1. The van der Waals surface area contributed by atoms with Crippen LogP contribution in [0.25, 0.3) is 0 Å². The quantitative estimate of drug-likeness (QED) is 0.903. The van der Waals surface area contributed by atoms with E-state index in [0.717, 1.165) is 21.1 Å². The fraction of sp³-hybridized carbons (Fsp3) is 0.167. The van der Waals surface area contributed by atoms with E-state index in [9.17, 15) is 0 Å². The largest absolute Gasteiger partial charge is 0.468 e. The first kappa shape index (κ1) is 11.6. The van der Waals surface area contributed by atoms with Gasteiger partial charge >= 0.3 is 0 Å². The van der Waals surface area contributed by atoms with Crippen LogP contribution >= 0.6 is 23.4 Å². The molecule has 1 heterocycles. The lowest BCUT2D eigenvalue weighted by Gasteiger charge is -2.06. The summed E-state index contributed by atoms with van der Waals surface area (Å²) in [6, 6.07) is 7.72. The molecule has 0 spiro atoms. The number of hydrogen-bond acceptors (Lipinski definition) is 3. The van der Waals surface area contributed by atoms with Crippen LogP contribution in [0.2, 0.25) is 5.02 Å². The van der Waals surface area contributed by atoms with E-state index in [1.54, 1.807) is 18.0 Å². The first-order chi connectivity index (χ1) is 7.70. The number of nitrogens with two attached hydrogens (primary N) is 1. The third-order valence-electron chi connectivity index (χ3n) is 2.27. The molecule has 4 heteroatoms. The van der Waals surface area contributed by atoms with Gasteiger partial charge in [-0.25, -0.2) is 0 Å². The minimum absolute atomic E-state index is 0.486. The maximum Gasteiger partial charge on any atom is 0.114 e. The predicted molar refractivity (Wildman–Crippen MR) is 66.9 cm³/mol. The van der Waals surface area contributed by atoms with Gasteiger partial charge in [0.15, 0.2) is 0 Å². The monoisotopic (exact) mass is 253 g/mol. The van der Waals surface area contributed by atoms with E-state index in [1.807, 2.05) is 31.2 Å². The van der Waals surface area contributed by atoms with Crippen LogP contribution in [0.5, 0.6) is 0 Å². The number of aryl methyl sites for hydroxylation is 1. The Hall–Kier alpha value is -0.900.